The second kappa shape index (κ2) is 37.8. The van der Waals surface area contributed by atoms with Crippen LogP contribution in [0, 0.1) is 0 Å². The molecular weight excluding hydrogens is 572 g/mol. The number of unbranched alkanes of at least 4 members (excludes halogenated alkanes) is 24. The van der Waals surface area contributed by atoms with Crippen molar-refractivity contribution in [2.24, 2.45) is 0 Å². The van der Waals surface area contributed by atoms with Crippen LogP contribution in [-0.2, 0) is 19.1 Å². The van der Waals surface area contributed by atoms with Gasteiger partial charge in [-0.2, -0.15) is 0 Å². The SMILES string of the molecule is CCCCC/C=C\C/C=C\CCCCCCCCCC(=O)OC[C@H](O)COC(=O)CCCCCCCCCCCCCCCCC. The summed E-state index contributed by atoms with van der Waals surface area (Å²) in [5, 5.41) is 10.0. The predicted molar refractivity (Wildman–Crippen MR) is 196 cm³/mol. The van der Waals surface area contributed by atoms with E-state index in [1.165, 1.54) is 141 Å². The van der Waals surface area contributed by atoms with E-state index in [2.05, 4.69) is 38.2 Å². The molecule has 1 N–H and O–H groups in total. The lowest BCUT2D eigenvalue weighted by atomic mass is 10.0. The highest BCUT2D eigenvalue weighted by Gasteiger charge is 2.12. The average molecular weight is 649 g/mol. The molecule has 0 aliphatic carbocycles. The monoisotopic (exact) mass is 649 g/mol. The molecule has 0 aromatic heterocycles. The highest BCUT2D eigenvalue weighted by molar-refractivity contribution is 5.69. The van der Waals surface area contributed by atoms with Gasteiger partial charge in [-0.15, -0.1) is 0 Å². The molecular formula is C41H76O5. The Morgan fingerprint density at radius 1 is 0.457 bits per heavy atom. The fourth-order valence-corrected chi connectivity index (χ4v) is 5.65. The van der Waals surface area contributed by atoms with Crippen LogP contribution in [0.4, 0.5) is 0 Å². The zero-order valence-corrected chi connectivity index (χ0v) is 30.6. The molecule has 0 spiro atoms. The average Bonchev–Trinajstić information content (AvgIpc) is 3.06. The number of aliphatic hydroxyl groups excluding tert-OH is 1. The Balaban J connectivity index is 3.42. The van der Waals surface area contributed by atoms with Crippen molar-refractivity contribution in [3.63, 3.8) is 0 Å². The molecule has 0 radical (unpaired) electrons. The first kappa shape index (κ1) is 44.4. The Labute approximate surface area is 285 Å². The quantitative estimate of drug-likeness (QED) is 0.0416. The molecule has 0 bridgehead atoms. The fraction of sp³-hybridized carbons (Fsp3) is 0.854. The van der Waals surface area contributed by atoms with E-state index in [-0.39, 0.29) is 25.2 Å². The van der Waals surface area contributed by atoms with Gasteiger partial charge in [-0.3, -0.25) is 9.59 Å². The highest BCUT2D eigenvalue weighted by atomic mass is 16.6. The zero-order valence-electron chi connectivity index (χ0n) is 30.6. The number of carbonyl (C=O) groups excluding carboxylic acids is 2. The molecule has 46 heavy (non-hydrogen) atoms. The third-order valence-corrected chi connectivity index (χ3v) is 8.69. The van der Waals surface area contributed by atoms with Gasteiger partial charge in [-0.1, -0.05) is 173 Å². The van der Waals surface area contributed by atoms with Crippen LogP contribution in [0.25, 0.3) is 0 Å². The maximum absolute atomic E-state index is 12.0. The van der Waals surface area contributed by atoms with Crippen molar-refractivity contribution in [2.45, 2.75) is 213 Å². The van der Waals surface area contributed by atoms with Crippen LogP contribution in [0.2, 0.25) is 0 Å². The van der Waals surface area contributed by atoms with Gasteiger partial charge in [0.15, 0.2) is 0 Å². The van der Waals surface area contributed by atoms with E-state index in [9.17, 15) is 14.7 Å². The number of ether oxygens (including phenoxy) is 2. The first-order chi connectivity index (χ1) is 22.6. The summed E-state index contributed by atoms with van der Waals surface area (Å²) in [6, 6.07) is 0. The smallest absolute Gasteiger partial charge is 0.305 e. The first-order valence-electron chi connectivity index (χ1n) is 19.9. The number of rotatable bonds is 36. The standard InChI is InChI=1S/C41H76O5/c1-3-5-7-9-11-13-15-17-19-20-22-24-26-28-30-32-34-36-41(44)46-38-39(42)37-45-40(43)35-33-31-29-27-25-23-21-18-16-14-12-10-8-6-4-2/h11,13,17,19,39,42H,3-10,12,14-16,18,20-38H2,1-2H3/b13-11-,19-17-/t39-/m1/s1. The summed E-state index contributed by atoms with van der Waals surface area (Å²) < 4.78 is 10.3. The summed E-state index contributed by atoms with van der Waals surface area (Å²) in [4.78, 5) is 23.9. The van der Waals surface area contributed by atoms with Crippen LogP contribution in [0.1, 0.15) is 206 Å². The van der Waals surface area contributed by atoms with Crippen molar-refractivity contribution < 1.29 is 24.2 Å². The summed E-state index contributed by atoms with van der Waals surface area (Å²) in [5.41, 5.74) is 0. The highest BCUT2D eigenvalue weighted by Crippen LogP contribution is 2.14. The summed E-state index contributed by atoms with van der Waals surface area (Å²) in [7, 11) is 0. The molecule has 0 saturated carbocycles. The van der Waals surface area contributed by atoms with Crippen LogP contribution >= 0.6 is 0 Å². The van der Waals surface area contributed by atoms with Crippen LogP contribution in [-0.4, -0.2) is 36.4 Å². The third kappa shape index (κ3) is 36.8. The first-order valence-corrected chi connectivity index (χ1v) is 19.9. The summed E-state index contributed by atoms with van der Waals surface area (Å²) in [6.07, 6.45) is 43.7. The van der Waals surface area contributed by atoms with Crippen LogP contribution in [0.5, 0.6) is 0 Å². The van der Waals surface area contributed by atoms with Gasteiger partial charge in [0, 0.05) is 12.8 Å². The lowest BCUT2D eigenvalue weighted by Crippen LogP contribution is -2.25. The maximum Gasteiger partial charge on any atom is 0.305 e. The van der Waals surface area contributed by atoms with Gasteiger partial charge in [0.1, 0.15) is 19.3 Å². The Morgan fingerprint density at radius 3 is 1.15 bits per heavy atom. The second-order valence-corrected chi connectivity index (χ2v) is 13.4. The van der Waals surface area contributed by atoms with E-state index >= 15 is 0 Å². The van der Waals surface area contributed by atoms with Gasteiger partial charge >= 0.3 is 11.9 Å². The summed E-state index contributed by atoms with van der Waals surface area (Å²) in [5.74, 6) is -0.566. The Bertz CT molecular complexity index is 701. The zero-order chi connectivity index (χ0) is 33.6. The summed E-state index contributed by atoms with van der Waals surface area (Å²) >= 11 is 0. The number of esters is 2. The number of aliphatic hydroxyl groups is 1. The van der Waals surface area contributed by atoms with Crippen molar-refractivity contribution in [3.05, 3.63) is 24.3 Å². The van der Waals surface area contributed by atoms with Gasteiger partial charge in [-0.05, 0) is 44.9 Å². The van der Waals surface area contributed by atoms with Gasteiger partial charge in [-0.25, -0.2) is 0 Å². The Kier molecular flexibility index (Phi) is 36.5. The molecule has 0 amide bonds. The minimum atomic E-state index is -0.962. The molecule has 0 aliphatic heterocycles. The topological polar surface area (TPSA) is 72.8 Å². The van der Waals surface area contributed by atoms with E-state index in [0.717, 1.165) is 38.5 Å². The molecule has 0 aromatic rings. The Hall–Kier alpha value is -1.62. The number of hydrogen-bond donors (Lipinski definition) is 1. The minimum absolute atomic E-state index is 0.114. The van der Waals surface area contributed by atoms with Crippen molar-refractivity contribution in [1.29, 1.82) is 0 Å². The molecule has 0 heterocycles. The molecule has 5 heteroatoms. The molecule has 5 nitrogen and oxygen atoms in total. The second-order valence-electron chi connectivity index (χ2n) is 13.4. The molecule has 1 atom stereocenters. The van der Waals surface area contributed by atoms with Crippen molar-refractivity contribution in [2.75, 3.05) is 13.2 Å². The normalized spacial score (nSPS) is 12.3. The molecule has 0 aliphatic rings. The largest absolute Gasteiger partial charge is 0.463 e. The predicted octanol–water partition coefficient (Wildman–Crippen LogP) is 12.3. The Morgan fingerprint density at radius 2 is 0.761 bits per heavy atom. The van der Waals surface area contributed by atoms with Gasteiger partial charge in [0.25, 0.3) is 0 Å². The molecule has 0 rings (SSSR count). The van der Waals surface area contributed by atoms with Gasteiger partial charge < -0.3 is 14.6 Å². The van der Waals surface area contributed by atoms with Crippen molar-refractivity contribution in [3.8, 4) is 0 Å². The van der Waals surface area contributed by atoms with Gasteiger partial charge in [0.05, 0.1) is 0 Å². The number of allylic oxidation sites excluding steroid dienone is 4. The van der Waals surface area contributed by atoms with Gasteiger partial charge in [0.2, 0.25) is 0 Å². The van der Waals surface area contributed by atoms with E-state index in [4.69, 9.17) is 9.47 Å². The minimum Gasteiger partial charge on any atom is -0.463 e. The molecule has 0 saturated heterocycles. The van der Waals surface area contributed by atoms with Crippen molar-refractivity contribution in [1.82, 2.24) is 0 Å². The van der Waals surface area contributed by atoms with Crippen LogP contribution in [0.15, 0.2) is 24.3 Å². The van der Waals surface area contributed by atoms with Crippen LogP contribution in [0.3, 0.4) is 0 Å². The van der Waals surface area contributed by atoms with E-state index in [1.807, 2.05) is 0 Å². The number of hydrogen-bond acceptors (Lipinski definition) is 5. The van der Waals surface area contributed by atoms with Crippen LogP contribution < -0.4 is 0 Å². The number of carbonyl (C=O) groups is 2. The molecule has 0 aromatic carbocycles. The van der Waals surface area contributed by atoms with E-state index in [0.29, 0.717) is 12.8 Å². The van der Waals surface area contributed by atoms with Crippen molar-refractivity contribution >= 4 is 11.9 Å². The lowest BCUT2D eigenvalue weighted by Gasteiger charge is -2.12. The van der Waals surface area contributed by atoms with E-state index < -0.39 is 6.10 Å². The van der Waals surface area contributed by atoms with E-state index in [1.54, 1.807) is 0 Å². The summed E-state index contributed by atoms with van der Waals surface area (Å²) in [6.45, 7) is 4.28. The molecule has 0 fully saturated rings. The maximum atomic E-state index is 12.0. The third-order valence-electron chi connectivity index (χ3n) is 8.69. The molecule has 0 unspecified atom stereocenters. The fourth-order valence-electron chi connectivity index (χ4n) is 5.65. The molecule has 270 valence electrons. The lowest BCUT2D eigenvalue weighted by molar-refractivity contribution is -0.152.